The van der Waals surface area contributed by atoms with E-state index in [-0.39, 0.29) is 0 Å². The lowest BCUT2D eigenvalue weighted by Gasteiger charge is -2.35. The third-order valence-electron chi connectivity index (χ3n) is 6.26. The number of nitrogens with two attached hydrogens (primary N) is 1. The molecule has 7 nitrogen and oxygen atoms in total. The van der Waals surface area contributed by atoms with E-state index in [1.54, 1.807) is 17.1 Å². The van der Waals surface area contributed by atoms with Crippen LogP contribution in [0.15, 0.2) is 79.8 Å². The molecule has 4 aromatic rings. The van der Waals surface area contributed by atoms with Crippen molar-refractivity contribution in [2.24, 2.45) is 7.05 Å². The number of aromatic nitrogens is 4. The Balaban J connectivity index is 1.53. The maximum absolute atomic E-state index is 6.15. The van der Waals surface area contributed by atoms with Crippen LogP contribution in [0.3, 0.4) is 0 Å². The number of nitrogen functional groups attached to an aromatic ring is 1. The number of aryl methyl sites for hydroxylation is 1. The molecular weight excluding hydrogens is 446 g/mol. The number of para-hydroxylation sites is 1. The lowest BCUT2D eigenvalue weighted by atomic mass is 9.93. The molecule has 0 spiro atoms. The van der Waals surface area contributed by atoms with Crippen molar-refractivity contribution in [3.05, 3.63) is 113 Å². The van der Waals surface area contributed by atoms with E-state index in [0.717, 1.165) is 56.3 Å². The van der Waals surface area contributed by atoms with E-state index in [2.05, 4.69) is 74.8 Å². The topological polar surface area (TPSA) is 87.8 Å². The minimum atomic E-state index is 0.459. The number of anilines is 2. The number of H-pyrrole nitrogens is 1. The van der Waals surface area contributed by atoms with Crippen LogP contribution >= 0.6 is 0 Å². The van der Waals surface area contributed by atoms with E-state index >= 15 is 0 Å². The van der Waals surface area contributed by atoms with E-state index in [1.807, 2.05) is 44.3 Å². The third-order valence-corrected chi connectivity index (χ3v) is 6.26. The zero-order chi connectivity index (χ0) is 25.2. The Labute approximate surface area is 210 Å². The first kappa shape index (κ1) is 22.8. The molecule has 4 N–H and O–H groups in total. The fraction of sp³-hybridized carbons (Fsp3) is 0.103. The fourth-order valence-electron chi connectivity index (χ4n) is 4.43. The molecule has 7 heteroatoms. The van der Waals surface area contributed by atoms with Crippen molar-refractivity contribution in [3.8, 4) is 11.8 Å². The number of fused-ring (bicyclic) bond motifs is 1. The highest BCUT2D eigenvalue weighted by molar-refractivity contribution is 5.93. The second kappa shape index (κ2) is 9.35. The van der Waals surface area contributed by atoms with Crippen LogP contribution in [0, 0.1) is 18.8 Å². The smallest absolute Gasteiger partial charge is 0.155 e. The number of nitrogens with zero attached hydrogens (tertiary/aromatic N) is 4. The highest BCUT2D eigenvalue weighted by Crippen LogP contribution is 2.38. The number of hydrogen-bond donors (Lipinski definition) is 3. The van der Waals surface area contributed by atoms with Crippen molar-refractivity contribution in [2.45, 2.75) is 6.92 Å². The Morgan fingerprint density at radius 3 is 2.64 bits per heavy atom. The van der Waals surface area contributed by atoms with Gasteiger partial charge in [0, 0.05) is 52.8 Å². The van der Waals surface area contributed by atoms with Crippen molar-refractivity contribution in [3.63, 3.8) is 0 Å². The van der Waals surface area contributed by atoms with Crippen molar-refractivity contribution >= 4 is 29.0 Å². The molecule has 0 saturated heterocycles. The SMILES string of the molecule is C=C(NCC1=Cc2cccc(C#Cc3cn[nH]c3)c2C(=C)N1c1ccccc1)c1c(N)nn(C)c1C. The molecule has 1 aliphatic rings. The Hall–Kier alpha value is -4.96. The maximum atomic E-state index is 6.15. The van der Waals surface area contributed by atoms with Gasteiger partial charge in [0.2, 0.25) is 0 Å². The van der Waals surface area contributed by atoms with Crippen LogP contribution in [0.4, 0.5) is 11.5 Å². The Morgan fingerprint density at radius 1 is 1.14 bits per heavy atom. The number of hydrogen-bond acceptors (Lipinski definition) is 5. The molecule has 36 heavy (non-hydrogen) atoms. The number of aromatic amines is 1. The van der Waals surface area contributed by atoms with Crippen LogP contribution in [-0.4, -0.2) is 26.5 Å². The summed E-state index contributed by atoms with van der Waals surface area (Å²) in [6.45, 7) is 11.2. The monoisotopic (exact) mass is 473 g/mol. The molecule has 3 heterocycles. The minimum absolute atomic E-state index is 0.459. The zero-order valence-corrected chi connectivity index (χ0v) is 20.3. The summed E-state index contributed by atoms with van der Waals surface area (Å²) in [6, 6.07) is 16.3. The van der Waals surface area contributed by atoms with Gasteiger partial charge in [-0.3, -0.25) is 9.78 Å². The Morgan fingerprint density at radius 2 is 1.94 bits per heavy atom. The summed E-state index contributed by atoms with van der Waals surface area (Å²) in [5, 5.41) is 14.5. The summed E-state index contributed by atoms with van der Waals surface area (Å²) in [4.78, 5) is 2.16. The predicted octanol–water partition coefficient (Wildman–Crippen LogP) is 4.53. The van der Waals surface area contributed by atoms with Gasteiger partial charge in [0.05, 0.1) is 23.9 Å². The summed E-state index contributed by atoms with van der Waals surface area (Å²) in [5.41, 5.74) is 15.4. The molecule has 0 bridgehead atoms. The molecule has 0 aliphatic carbocycles. The van der Waals surface area contributed by atoms with Gasteiger partial charge in [-0.05, 0) is 36.8 Å². The van der Waals surface area contributed by atoms with Crippen molar-refractivity contribution in [1.29, 1.82) is 0 Å². The van der Waals surface area contributed by atoms with Gasteiger partial charge in [-0.25, -0.2) is 0 Å². The quantitative estimate of drug-likeness (QED) is 0.371. The van der Waals surface area contributed by atoms with Crippen LogP contribution in [-0.2, 0) is 7.05 Å². The molecule has 1 aliphatic heterocycles. The minimum Gasteiger partial charge on any atom is -0.382 e. The second-order valence-corrected chi connectivity index (χ2v) is 8.56. The number of rotatable bonds is 5. The molecule has 0 radical (unpaired) electrons. The van der Waals surface area contributed by atoms with Gasteiger partial charge in [-0.15, -0.1) is 0 Å². The molecular formula is C29H27N7. The van der Waals surface area contributed by atoms with E-state index < -0.39 is 0 Å². The molecule has 0 fully saturated rings. The Kier molecular flexibility index (Phi) is 5.93. The first-order valence-corrected chi connectivity index (χ1v) is 11.5. The fourth-order valence-corrected chi connectivity index (χ4v) is 4.43. The molecule has 5 rings (SSSR count). The molecule has 2 aromatic carbocycles. The van der Waals surface area contributed by atoms with Gasteiger partial charge in [0.15, 0.2) is 5.82 Å². The molecule has 0 amide bonds. The largest absolute Gasteiger partial charge is 0.382 e. The van der Waals surface area contributed by atoms with Gasteiger partial charge in [-0.2, -0.15) is 10.2 Å². The van der Waals surface area contributed by atoms with E-state index in [0.29, 0.717) is 12.4 Å². The van der Waals surface area contributed by atoms with E-state index in [1.165, 1.54) is 0 Å². The molecule has 0 saturated carbocycles. The number of benzene rings is 2. The van der Waals surface area contributed by atoms with Crippen LogP contribution in [0.5, 0.6) is 0 Å². The van der Waals surface area contributed by atoms with Gasteiger partial charge in [-0.1, -0.05) is 55.3 Å². The van der Waals surface area contributed by atoms with Crippen LogP contribution in [0.1, 0.15) is 33.5 Å². The molecule has 0 unspecified atom stereocenters. The Bertz CT molecular complexity index is 1540. The third kappa shape index (κ3) is 4.17. The first-order chi connectivity index (χ1) is 17.4. The normalized spacial score (nSPS) is 12.4. The zero-order valence-electron chi connectivity index (χ0n) is 20.3. The number of nitrogens with one attached hydrogen (secondary N) is 2. The second-order valence-electron chi connectivity index (χ2n) is 8.56. The molecule has 178 valence electrons. The lowest BCUT2D eigenvalue weighted by Crippen LogP contribution is -2.30. The summed E-state index contributed by atoms with van der Waals surface area (Å²) in [6.07, 6.45) is 5.65. The highest BCUT2D eigenvalue weighted by atomic mass is 15.3. The van der Waals surface area contributed by atoms with E-state index in [4.69, 9.17) is 5.73 Å². The van der Waals surface area contributed by atoms with Crippen LogP contribution < -0.4 is 16.0 Å². The van der Waals surface area contributed by atoms with E-state index in [9.17, 15) is 0 Å². The summed E-state index contributed by atoms with van der Waals surface area (Å²) in [5.74, 6) is 6.94. The summed E-state index contributed by atoms with van der Waals surface area (Å²) >= 11 is 0. The lowest BCUT2D eigenvalue weighted by molar-refractivity contribution is 0.743. The highest BCUT2D eigenvalue weighted by Gasteiger charge is 2.25. The molecule has 2 aromatic heterocycles. The maximum Gasteiger partial charge on any atom is 0.155 e. The average molecular weight is 474 g/mol. The standard InChI is InChI=1S/C29H27N7/c1-19(27-20(2)35(4)34-29(27)30)31-18-26-15-24-10-8-9-23(14-13-22-16-32-33-17-22)28(24)21(3)36(26)25-11-6-5-7-12-25/h5-12,15-17,31H,1,3,18H2,2,4H3,(H2,30,34)(H,32,33). The van der Waals surface area contributed by atoms with Crippen LogP contribution in [0.2, 0.25) is 0 Å². The van der Waals surface area contributed by atoms with Gasteiger partial charge in [0.1, 0.15) is 0 Å². The summed E-state index contributed by atoms with van der Waals surface area (Å²) < 4.78 is 1.76. The average Bonchev–Trinajstić information content (AvgIpc) is 3.49. The summed E-state index contributed by atoms with van der Waals surface area (Å²) in [7, 11) is 1.87. The first-order valence-electron chi connectivity index (χ1n) is 11.5. The van der Waals surface area contributed by atoms with Crippen molar-refractivity contribution < 1.29 is 0 Å². The van der Waals surface area contributed by atoms with Gasteiger partial charge in [0.25, 0.3) is 0 Å². The predicted molar refractivity (Wildman–Crippen MR) is 146 cm³/mol. The molecule has 0 atom stereocenters. The van der Waals surface area contributed by atoms with Gasteiger partial charge < -0.3 is 16.0 Å². The van der Waals surface area contributed by atoms with Crippen LogP contribution in [0.25, 0.3) is 17.5 Å². The van der Waals surface area contributed by atoms with Gasteiger partial charge >= 0.3 is 0 Å². The van der Waals surface area contributed by atoms with Crippen molar-refractivity contribution in [2.75, 3.05) is 17.2 Å². The van der Waals surface area contributed by atoms with Crippen molar-refractivity contribution in [1.82, 2.24) is 25.3 Å².